The van der Waals surface area contributed by atoms with Crippen molar-refractivity contribution >= 4 is 30.3 Å². The molecule has 146 valence electrons. The number of likely N-dealkylation sites (N-methyl/N-ethyl adjacent to an activating group) is 1. The van der Waals surface area contributed by atoms with Gasteiger partial charge >= 0.3 is 6.03 Å². The second kappa shape index (κ2) is 7.00. The highest BCUT2D eigenvalue weighted by molar-refractivity contribution is 6.09. The number of amides is 4. The minimum Gasteiger partial charge on any atom is -0.341 e. The van der Waals surface area contributed by atoms with Crippen LogP contribution >= 0.6 is 12.4 Å². The van der Waals surface area contributed by atoms with E-state index in [0.29, 0.717) is 24.9 Å². The second-order valence-corrected chi connectivity index (χ2v) is 8.28. The second-order valence-electron chi connectivity index (χ2n) is 8.28. The van der Waals surface area contributed by atoms with Crippen molar-refractivity contribution in [2.24, 2.45) is 0 Å². The van der Waals surface area contributed by atoms with Gasteiger partial charge in [-0.2, -0.15) is 0 Å². The van der Waals surface area contributed by atoms with Crippen molar-refractivity contribution in [3.8, 4) is 0 Å². The lowest BCUT2D eigenvalue weighted by Crippen LogP contribution is -2.55. The number of rotatable bonds is 3. The van der Waals surface area contributed by atoms with Crippen molar-refractivity contribution in [1.82, 2.24) is 20.4 Å². The zero-order valence-corrected chi connectivity index (χ0v) is 16.3. The molecule has 7 nitrogen and oxygen atoms in total. The quantitative estimate of drug-likeness (QED) is 0.721. The van der Waals surface area contributed by atoms with Crippen molar-refractivity contribution < 1.29 is 14.4 Å². The van der Waals surface area contributed by atoms with Gasteiger partial charge in [-0.25, -0.2) is 9.69 Å². The summed E-state index contributed by atoms with van der Waals surface area (Å²) < 4.78 is 0. The molecule has 4 aliphatic rings. The average molecular weight is 385 g/mol. The van der Waals surface area contributed by atoms with Crippen LogP contribution in [0.2, 0.25) is 0 Å². The van der Waals surface area contributed by atoms with Gasteiger partial charge in [0, 0.05) is 25.2 Å². The number of nitrogens with zero attached hydrogens (tertiary/aromatic N) is 2. The molecule has 4 rings (SSSR count). The molecule has 4 fully saturated rings. The Morgan fingerprint density at radius 2 is 1.77 bits per heavy atom. The van der Waals surface area contributed by atoms with Gasteiger partial charge in [0.15, 0.2) is 0 Å². The molecule has 0 aromatic rings. The number of urea groups is 1. The molecular formula is C18H29ClN4O3. The number of hydrogen-bond acceptors (Lipinski definition) is 4. The number of fused-ring (bicyclic) bond motifs is 2. The van der Waals surface area contributed by atoms with Crippen LogP contribution in [0.15, 0.2) is 0 Å². The molecular weight excluding hydrogens is 356 g/mol. The van der Waals surface area contributed by atoms with E-state index >= 15 is 0 Å². The summed E-state index contributed by atoms with van der Waals surface area (Å²) in [5.74, 6) is -0.348. The molecule has 1 saturated carbocycles. The maximum absolute atomic E-state index is 13.0. The predicted octanol–water partition coefficient (Wildman–Crippen LogP) is 1.40. The Kier molecular flexibility index (Phi) is 5.23. The smallest absolute Gasteiger partial charge is 0.325 e. The molecule has 3 saturated heterocycles. The van der Waals surface area contributed by atoms with Crippen molar-refractivity contribution in [2.45, 2.75) is 88.0 Å². The molecule has 0 radical (unpaired) electrons. The first-order valence-corrected chi connectivity index (χ1v) is 9.60. The summed E-state index contributed by atoms with van der Waals surface area (Å²) in [6, 6.07) is 0.0204. The Morgan fingerprint density at radius 1 is 1.19 bits per heavy atom. The van der Waals surface area contributed by atoms with E-state index in [1.54, 1.807) is 11.8 Å². The first kappa shape index (κ1) is 19.4. The van der Waals surface area contributed by atoms with Crippen LogP contribution in [0.25, 0.3) is 0 Å². The molecule has 1 spiro atoms. The van der Waals surface area contributed by atoms with Gasteiger partial charge in [-0.3, -0.25) is 9.59 Å². The summed E-state index contributed by atoms with van der Waals surface area (Å²) in [4.78, 5) is 41.2. The number of halogens is 1. The number of imide groups is 1. The van der Waals surface area contributed by atoms with Crippen LogP contribution in [0, 0.1) is 0 Å². The van der Waals surface area contributed by atoms with E-state index in [0.717, 1.165) is 25.7 Å². The van der Waals surface area contributed by atoms with E-state index < -0.39 is 17.6 Å². The topological polar surface area (TPSA) is 81.8 Å². The largest absolute Gasteiger partial charge is 0.341 e. The molecule has 3 unspecified atom stereocenters. The van der Waals surface area contributed by atoms with Gasteiger partial charge in [-0.15, -0.1) is 12.4 Å². The number of carbonyl (C=O) groups excluding carboxylic acids is 3. The van der Waals surface area contributed by atoms with Gasteiger partial charge in [-0.05, 0) is 45.4 Å². The van der Waals surface area contributed by atoms with Gasteiger partial charge in [0.25, 0.3) is 5.91 Å². The van der Waals surface area contributed by atoms with Gasteiger partial charge in [0.2, 0.25) is 5.91 Å². The standard InChI is InChI=1S/C18H28N4O3.ClH/c1-11(22-16(24)18(20-17(22)25)7-3-4-8-18)15(23)21(2)14-9-12-5-6-13(10-14)19-12;/h11-14,19H,3-10H2,1-2H3,(H,20,25);1H. The number of hydrogen-bond donors (Lipinski definition) is 2. The fraction of sp³-hybridized carbons (Fsp3) is 0.833. The lowest BCUT2D eigenvalue weighted by Gasteiger charge is -2.37. The van der Waals surface area contributed by atoms with Crippen LogP contribution in [-0.4, -0.2) is 64.4 Å². The van der Waals surface area contributed by atoms with E-state index in [-0.39, 0.29) is 30.3 Å². The summed E-state index contributed by atoms with van der Waals surface area (Å²) in [6.45, 7) is 1.68. The van der Waals surface area contributed by atoms with E-state index in [9.17, 15) is 14.4 Å². The molecule has 0 aromatic carbocycles. The van der Waals surface area contributed by atoms with Crippen molar-refractivity contribution in [3.05, 3.63) is 0 Å². The monoisotopic (exact) mass is 384 g/mol. The van der Waals surface area contributed by atoms with E-state index in [2.05, 4.69) is 10.6 Å². The highest BCUT2D eigenvalue weighted by Gasteiger charge is 2.55. The number of nitrogens with one attached hydrogen (secondary N) is 2. The fourth-order valence-corrected chi connectivity index (χ4v) is 5.24. The molecule has 8 heteroatoms. The molecule has 3 atom stereocenters. The highest BCUT2D eigenvalue weighted by Crippen LogP contribution is 2.36. The van der Waals surface area contributed by atoms with Crippen LogP contribution in [-0.2, 0) is 9.59 Å². The first-order valence-electron chi connectivity index (χ1n) is 9.60. The third-order valence-corrected chi connectivity index (χ3v) is 6.74. The third-order valence-electron chi connectivity index (χ3n) is 6.74. The summed E-state index contributed by atoms with van der Waals surface area (Å²) in [6.07, 6.45) is 7.51. The van der Waals surface area contributed by atoms with Crippen molar-refractivity contribution in [2.75, 3.05) is 7.05 Å². The Morgan fingerprint density at radius 3 is 2.35 bits per heavy atom. The van der Waals surface area contributed by atoms with Crippen LogP contribution < -0.4 is 10.6 Å². The van der Waals surface area contributed by atoms with Gasteiger partial charge < -0.3 is 15.5 Å². The highest BCUT2D eigenvalue weighted by atomic mass is 35.5. The van der Waals surface area contributed by atoms with Gasteiger partial charge in [0.1, 0.15) is 11.6 Å². The Labute approximate surface area is 160 Å². The van der Waals surface area contributed by atoms with Gasteiger partial charge in [0.05, 0.1) is 0 Å². The van der Waals surface area contributed by atoms with E-state index in [1.165, 1.54) is 17.7 Å². The fourth-order valence-electron chi connectivity index (χ4n) is 5.24. The van der Waals surface area contributed by atoms with Gasteiger partial charge in [-0.1, -0.05) is 12.8 Å². The molecule has 3 aliphatic heterocycles. The maximum atomic E-state index is 13.0. The molecule has 3 heterocycles. The summed E-state index contributed by atoms with van der Waals surface area (Å²) in [7, 11) is 1.82. The lowest BCUT2D eigenvalue weighted by atomic mass is 9.96. The van der Waals surface area contributed by atoms with Crippen LogP contribution in [0.4, 0.5) is 4.79 Å². The Hall–Kier alpha value is -1.34. The van der Waals surface area contributed by atoms with E-state index in [4.69, 9.17) is 0 Å². The minimum absolute atomic E-state index is 0. The zero-order chi connectivity index (χ0) is 17.8. The van der Waals surface area contributed by atoms with E-state index in [1.807, 2.05) is 7.05 Å². The van der Waals surface area contributed by atoms with Crippen LogP contribution in [0.5, 0.6) is 0 Å². The maximum Gasteiger partial charge on any atom is 0.325 e. The number of carbonyl (C=O) groups is 3. The summed E-state index contributed by atoms with van der Waals surface area (Å²) in [5.41, 5.74) is -0.752. The summed E-state index contributed by atoms with van der Waals surface area (Å²) in [5, 5.41) is 6.44. The molecule has 0 aromatic heterocycles. The molecule has 4 amide bonds. The molecule has 1 aliphatic carbocycles. The Bertz CT molecular complexity index is 595. The minimum atomic E-state index is -0.752. The zero-order valence-electron chi connectivity index (χ0n) is 15.5. The SMILES string of the molecule is CC(C(=O)N(C)C1CC2CCC(C1)N2)N1C(=O)NC2(CCCC2)C1=O.Cl. The molecule has 2 bridgehead atoms. The average Bonchev–Trinajstić information content (AvgIpc) is 3.26. The molecule has 2 N–H and O–H groups in total. The Balaban J connectivity index is 0.00000196. The third kappa shape index (κ3) is 2.99. The first-order chi connectivity index (χ1) is 11.9. The van der Waals surface area contributed by atoms with Crippen LogP contribution in [0.3, 0.4) is 0 Å². The van der Waals surface area contributed by atoms with Crippen molar-refractivity contribution in [3.63, 3.8) is 0 Å². The molecule has 26 heavy (non-hydrogen) atoms. The predicted molar refractivity (Wildman–Crippen MR) is 99.0 cm³/mol. The number of piperidine rings is 1. The summed E-state index contributed by atoms with van der Waals surface area (Å²) >= 11 is 0. The normalized spacial score (nSPS) is 33.2. The lowest BCUT2D eigenvalue weighted by molar-refractivity contribution is -0.143. The van der Waals surface area contributed by atoms with Crippen LogP contribution in [0.1, 0.15) is 58.3 Å². The van der Waals surface area contributed by atoms with Crippen molar-refractivity contribution in [1.29, 1.82) is 0 Å².